The van der Waals surface area contributed by atoms with E-state index in [0.29, 0.717) is 19.5 Å². The van der Waals surface area contributed by atoms with Gasteiger partial charge >= 0.3 is 5.97 Å². The van der Waals surface area contributed by atoms with Crippen molar-refractivity contribution in [3.63, 3.8) is 0 Å². The Bertz CT molecular complexity index is 927. The number of anilines is 1. The number of carbonyl (C=O) groups excluding carboxylic acids is 2. The molecule has 6 rings (SSSR count). The Balaban J connectivity index is 1.97. The number of fused-ring (bicyclic) bond motifs is 3. The summed E-state index contributed by atoms with van der Waals surface area (Å²) in [7, 11) is 3.34. The zero-order valence-corrected chi connectivity index (χ0v) is 16.6. The number of rotatable bonds is 2. The lowest BCUT2D eigenvalue weighted by atomic mass is 9.45. The molecule has 148 valence electrons. The summed E-state index contributed by atoms with van der Waals surface area (Å²) in [5.74, 6) is -0.635. The first-order valence-electron chi connectivity index (χ1n) is 9.93. The predicted octanol–water partition coefficient (Wildman–Crippen LogP) is 1.48. The van der Waals surface area contributed by atoms with Crippen LogP contribution < -0.4 is 4.90 Å². The van der Waals surface area contributed by atoms with Crippen LogP contribution in [0.1, 0.15) is 25.3 Å². The summed E-state index contributed by atoms with van der Waals surface area (Å²) < 4.78 is 5.35. The van der Waals surface area contributed by atoms with Crippen molar-refractivity contribution < 1.29 is 19.4 Å². The van der Waals surface area contributed by atoms with Gasteiger partial charge in [0.05, 0.1) is 19.1 Å². The van der Waals surface area contributed by atoms with Crippen LogP contribution in [0.15, 0.2) is 35.9 Å². The van der Waals surface area contributed by atoms with E-state index in [4.69, 9.17) is 4.74 Å². The van der Waals surface area contributed by atoms with Crippen LogP contribution in [0.3, 0.4) is 0 Å². The lowest BCUT2D eigenvalue weighted by molar-refractivity contribution is -0.177. The number of methoxy groups -OCH3 is 1. The molecular weight excluding hydrogens is 356 g/mol. The summed E-state index contributed by atoms with van der Waals surface area (Å²) in [5, 5.41) is 10.9. The van der Waals surface area contributed by atoms with Gasteiger partial charge in [0.25, 0.3) is 0 Å². The number of ketones is 1. The fourth-order valence-corrected chi connectivity index (χ4v) is 7.28. The van der Waals surface area contributed by atoms with Crippen LogP contribution in [0.2, 0.25) is 0 Å². The quantitative estimate of drug-likeness (QED) is 0.617. The van der Waals surface area contributed by atoms with Gasteiger partial charge in [-0.3, -0.25) is 14.5 Å². The first-order valence-corrected chi connectivity index (χ1v) is 9.93. The van der Waals surface area contributed by atoms with Gasteiger partial charge in [-0.15, -0.1) is 0 Å². The average Bonchev–Trinajstić information content (AvgIpc) is 3.10. The highest BCUT2D eigenvalue weighted by atomic mass is 16.5. The van der Waals surface area contributed by atoms with Crippen LogP contribution in [0.5, 0.6) is 0 Å². The molecule has 4 aliphatic heterocycles. The molecule has 1 saturated carbocycles. The normalized spacial score (nSPS) is 41.8. The number of ether oxygens (including phenoxy) is 1. The molecule has 28 heavy (non-hydrogen) atoms. The van der Waals surface area contributed by atoms with Crippen LogP contribution in [-0.2, 0) is 19.7 Å². The summed E-state index contributed by atoms with van der Waals surface area (Å²) in [6.07, 6.45) is 2.90. The van der Waals surface area contributed by atoms with Gasteiger partial charge in [0, 0.05) is 38.2 Å². The number of carbonyl (C=O) groups is 2. The number of hydrogen-bond acceptors (Lipinski definition) is 6. The molecule has 6 nitrogen and oxygen atoms in total. The molecule has 1 aliphatic carbocycles. The minimum atomic E-state index is -1.19. The third-order valence-electron chi connectivity index (χ3n) is 8.15. The Hall–Kier alpha value is -2.18. The fraction of sp³-hybridized carbons (Fsp3) is 0.545. The van der Waals surface area contributed by atoms with E-state index in [1.165, 1.54) is 7.11 Å². The highest BCUT2D eigenvalue weighted by Crippen LogP contribution is 2.73. The number of nitrogens with zero attached hydrogens (tertiary/aromatic N) is 2. The van der Waals surface area contributed by atoms with E-state index >= 15 is 0 Å². The Kier molecular flexibility index (Phi) is 3.48. The van der Waals surface area contributed by atoms with Gasteiger partial charge in [-0.25, -0.2) is 0 Å². The summed E-state index contributed by atoms with van der Waals surface area (Å²) in [6.45, 7) is 2.95. The van der Waals surface area contributed by atoms with Gasteiger partial charge in [0.1, 0.15) is 5.41 Å². The highest BCUT2D eigenvalue weighted by molar-refractivity contribution is 6.03. The molecule has 4 heterocycles. The Morgan fingerprint density at radius 1 is 1.39 bits per heavy atom. The molecule has 6 heteroatoms. The van der Waals surface area contributed by atoms with E-state index in [0.717, 1.165) is 16.8 Å². The van der Waals surface area contributed by atoms with Crippen molar-refractivity contribution in [3.8, 4) is 0 Å². The number of aliphatic hydroxyl groups is 1. The maximum atomic E-state index is 13.8. The minimum absolute atomic E-state index is 0.138. The molecule has 1 N–H and O–H groups in total. The van der Waals surface area contributed by atoms with Crippen molar-refractivity contribution in [1.82, 2.24) is 4.90 Å². The van der Waals surface area contributed by atoms with Crippen LogP contribution >= 0.6 is 0 Å². The molecule has 4 fully saturated rings. The molecular formula is C22H26N2O4. The summed E-state index contributed by atoms with van der Waals surface area (Å²) in [4.78, 5) is 31.7. The second kappa shape index (κ2) is 5.45. The third-order valence-corrected chi connectivity index (χ3v) is 8.15. The molecule has 3 unspecified atom stereocenters. The van der Waals surface area contributed by atoms with E-state index < -0.39 is 22.5 Å². The molecule has 0 radical (unpaired) electrons. The molecule has 1 aromatic rings. The molecule has 3 saturated heterocycles. The molecule has 5 aliphatic rings. The predicted molar refractivity (Wildman–Crippen MR) is 104 cm³/mol. The lowest BCUT2D eigenvalue weighted by Gasteiger charge is -2.58. The molecule has 1 aromatic carbocycles. The summed E-state index contributed by atoms with van der Waals surface area (Å²) >= 11 is 0. The van der Waals surface area contributed by atoms with E-state index in [-0.39, 0.29) is 24.7 Å². The van der Waals surface area contributed by atoms with Crippen LogP contribution in [0, 0.1) is 11.3 Å². The van der Waals surface area contributed by atoms with Crippen LogP contribution in [-0.4, -0.2) is 61.3 Å². The van der Waals surface area contributed by atoms with Gasteiger partial charge in [-0.2, -0.15) is 0 Å². The van der Waals surface area contributed by atoms with E-state index in [2.05, 4.69) is 9.80 Å². The van der Waals surface area contributed by atoms with Crippen molar-refractivity contribution >= 4 is 17.4 Å². The number of allylic oxidation sites excluding steroid dienone is 1. The summed E-state index contributed by atoms with van der Waals surface area (Å²) in [5.41, 5.74) is 0.00177. The number of esters is 1. The van der Waals surface area contributed by atoms with Gasteiger partial charge in [0.2, 0.25) is 0 Å². The smallest absolute Gasteiger partial charge is 0.315 e. The molecule has 0 amide bonds. The van der Waals surface area contributed by atoms with Crippen LogP contribution in [0.25, 0.3) is 0 Å². The largest absolute Gasteiger partial charge is 0.468 e. The molecule has 1 spiro atoms. The van der Waals surface area contributed by atoms with Gasteiger partial charge in [0.15, 0.2) is 11.4 Å². The number of likely N-dealkylation sites (N-methyl/N-ethyl adjacent to an activating group) is 1. The first-order chi connectivity index (χ1) is 13.5. The van der Waals surface area contributed by atoms with Crippen molar-refractivity contribution in [2.45, 2.75) is 30.8 Å². The molecule has 4 bridgehead atoms. The van der Waals surface area contributed by atoms with Crippen molar-refractivity contribution in [1.29, 1.82) is 0 Å². The number of hydrogen-bond donors (Lipinski definition) is 1. The maximum Gasteiger partial charge on any atom is 0.315 e. The SMILES string of the molecule is C/C=C1/CN2CC[C@@]34c5ccccc5N(C)C23C(=O)C[C@@H]1C4(CO)C(=O)OC. The van der Waals surface area contributed by atoms with Crippen molar-refractivity contribution in [3.05, 3.63) is 41.5 Å². The highest BCUT2D eigenvalue weighted by Gasteiger charge is 2.84. The maximum absolute atomic E-state index is 13.8. The number of Topliss-reactive ketones (excluding diaryl/α,β-unsaturated/α-hetero) is 1. The Labute approximate surface area is 164 Å². The topological polar surface area (TPSA) is 70.1 Å². The van der Waals surface area contributed by atoms with E-state index in [1.54, 1.807) is 0 Å². The monoisotopic (exact) mass is 382 g/mol. The zero-order chi connectivity index (χ0) is 19.9. The second-order valence-electron chi connectivity index (χ2n) is 8.49. The van der Waals surface area contributed by atoms with E-state index in [9.17, 15) is 14.7 Å². The number of benzene rings is 1. The third kappa shape index (κ3) is 1.47. The van der Waals surface area contributed by atoms with Crippen molar-refractivity contribution in [2.75, 3.05) is 38.8 Å². The number of para-hydroxylation sites is 1. The number of aliphatic hydroxyl groups excluding tert-OH is 1. The molecule has 0 aromatic heterocycles. The average molecular weight is 382 g/mol. The standard InChI is InChI=1S/C22H26N2O4/c1-4-14-12-24-10-9-21-15-7-5-6-8-17(15)23(2)22(21,24)18(26)11-16(14)20(21,13-25)19(27)28-3/h4-8,16,25H,9-13H2,1-3H3/b14-4-/t16-,20?,21-,22?/m0/s1. The Morgan fingerprint density at radius 2 is 2.14 bits per heavy atom. The van der Waals surface area contributed by atoms with Gasteiger partial charge in [-0.1, -0.05) is 29.8 Å². The zero-order valence-electron chi connectivity index (χ0n) is 16.6. The Morgan fingerprint density at radius 3 is 2.82 bits per heavy atom. The summed E-state index contributed by atoms with van der Waals surface area (Å²) in [6, 6.07) is 7.97. The molecule has 5 atom stereocenters. The second-order valence-corrected chi connectivity index (χ2v) is 8.49. The minimum Gasteiger partial charge on any atom is -0.468 e. The van der Waals surface area contributed by atoms with Crippen LogP contribution in [0.4, 0.5) is 5.69 Å². The van der Waals surface area contributed by atoms with E-state index in [1.807, 2.05) is 44.3 Å². The van der Waals surface area contributed by atoms with Gasteiger partial charge in [-0.05, 0) is 25.0 Å². The first kappa shape index (κ1) is 17.9. The lowest BCUT2D eigenvalue weighted by Crippen LogP contribution is -2.76. The fourth-order valence-electron chi connectivity index (χ4n) is 7.28. The van der Waals surface area contributed by atoms with Gasteiger partial charge < -0.3 is 14.7 Å². The van der Waals surface area contributed by atoms with Crippen molar-refractivity contribution in [2.24, 2.45) is 11.3 Å².